The average molecular weight is 202 g/mol. The fourth-order valence-electron chi connectivity index (χ4n) is 2.99. The quantitative estimate of drug-likeness (QED) is 0.694. The normalized spacial score (nSPS) is 41.8. The highest BCUT2D eigenvalue weighted by Crippen LogP contribution is 2.34. The molecule has 4 atom stereocenters. The van der Waals surface area contributed by atoms with Crippen LogP contribution in [0.5, 0.6) is 0 Å². The maximum atomic E-state index is 3.73. The predicted molar refractivity (Wildman–Crippen MR) is 62.4 cm³/mol. The van der Waals surface area contributed by atoms with Crippen molar-refractivity contribution in [1.82, 2.24) is 10.2 Å². The fraction of sp³-hybridized carbons (Fsp3) is 0.538. The zero-order chi connectivity index (χ0) is 10.3. The third kappa shape index (κ3) is 1.44. The lowest BCUT2D eigenvalue weighted by atomic mass is 9.83. The smallest absolute Gasteiger partial charge is 0.0332 e. The molecule has 3 aliphatic rings. The summed E-state index contributed by atoms with van der Waals surface area (Å²) in [7, 11) is 0. The second-order valence-corrected chi connectivity index (χ2v) is 4.65. The molecule has 2 heteroatoms. The van der Waals surface area contributed by atoms with Gasteiger partial charge in [-0.1, -0.05) is 30.4 Å². The number of fused-ring (bicyclic) bond motifs is 3. The van der Waals surface area contributed by atoms with Gasteiger partial charge in [0.05, 0.1) is 0 Å². The standard InChI is InChI=1S/C13H18N2/c1-2-15-8-7-11-10-5-3-4-6-12(10)14-13(11)9-15/h3-8,10-14H,2,9H2,1H3. The molecule has 1 N–H and O–H groups in total. The number of nitrogens with zero attached hydrogens (tertiary/aromatic N) is 1. The molecule has 0 saturated carbocycles. The highest BCUT2D eigenvalue weighted by Gasteiger charge is 2.41. The highest BCUT2D eigenvalue weighted by atomic mass is 15.2. The van der Waals surface area contributed by atoms with E-state index < -0.39 is 0 Å². The molecule has 0 aromatic heterocycles. The van der Waals surface area contributed by atoms with Crippen molar-refractivity contribution < 1.29 is 0 Å². The van der Waals surface area contributed by atoms with Crippen LogP contribution in [0.2, 0.25) is 0 Å². The van der Waals surface area contributed by atoms with E-state index in [1.54, 1.807) is 0 Å². The molecule has 2 aliphatic heterocycles. The Balaban J connectivity index is 1.83. The van der Waals surface area contributed by atoms with Crippen LogP contribution < -0.4 is 5.32 Å². The van der Waals surface area contributed by atoms with Crippen LogP contribution in [0.15, 0.2) is 36.6 Å². The Morgan fingerprint density at radius 1 is 1.20 bits per heavy atom. The molecule has 4 unspecified atom stereocenters. The van der Waals surface area contributed by atoms with Gasteiger partial charge in [0.1, 0.15) is 0 Å². The summed E-state index contributed by atoms with van der Waals surface area (Å²) in [4.78, 5) is 2.39. The van der Waals surface area contributed by atoms with Crippen LogP contribution in [-0.2, 0) is 0 Å². The summed E-state index contributed by atoms with van der Waals surface area (Å²) < 4.78 is 0. The number of rotatable bonds is 1. The minimum atomic E-state index is 0.562. The summed E-state index contributed by atoms with van der Waals surface area (Å²) in [6, 6.07) is 1.20. The number of hydrogen-bond acceptors (Lipinski definition) is 2. The molecule has 3 rings (SSSR count). The molecule has 0 radical (unpaired) electrons. The molecule has 1 saturated heterocycles. The van der Waals surface area contributed by atoms with Crippen molar-refractivity contribution in [3.05, 3.63) is 36.6 Å². The van der Waals surface area contributed by atoms with Crippen LogP contribution in [0, 0.1) is 11.8 Å². The van der Waals surface area contributed by atoms with Gasteiger partial charge >= 0.3 is 0 Å². The van der Waals surface area contributed by atoms with E-state index in [9.17, 15) is 0 Å². The van der Waals surface area contributed by atoms with E-state index in [-0.39, 0.29) is 0 Å². The van der Waals surface area contributed by atoms with E-state index in [1.165, 1.54) is 0 Å². The van der Waals surface area contributed by atoms with E-state index >= 15 is 0 Å². The molecule has 1 fully saturated rings. The molecule has 1 aliphatic carbocycles. The minimum Gasteiger partial charge on any atom is -0.376 e. The predicted octanol–water partition coefficient (Wildman–Crippen LogP) is 1.53. The maximum absolute atomic E-state index is 3.73. The first-order valence-corrected chi connectivity index (χ1v) is 5.92. The van der Waals surface area contributed by atoms with Gasteiger partial charge in [-0.05, 0) is 13.1 Å². The van der Waals surface area contributed by atoms with Crippen LogP contribution in [0.25, 0.3) is 0 Å². The Kier molecular flexibility index (Phi) is 2.17. The van der Waals surface area contributed by atoms with E-state index in [2.05, 4.69) is 53.7 Å². The molecular weight excluding hydrogens is 184 g/mol. The fourth-order valence-corrected chi connectivity index (χ4v) is 2.99. The van der Waals surface area contributed by atoms with E-state index in [4.69, 9.17) is 0 Å². The van der Waals surface area contributed by atoms with Crippen LogP contribution >= 0.6 is 0 Å². The van der Waals surface area contributed by atoms with Gasteiger partial charge < -0.3 is 10.2 Å². The lowest BCUT2D eigenvalue weighted by Gasteiger charge is -2.31. The molecule has 2 nitrogen and oxygen atoms in total. The molecule has 0 spiro atoms. The van der Waals surface area contributed by atoms with Gasteiger partial charge in [0, 0.05) is 37.0 Å². The van der Waals surface area contributed by atoms with Crippen LogP contribution in [0.1, 0.15) is 6.92 Å². The maximum Gasteiger partial charge on any atom is 0.0332 e. The minimum absolute atomic E-state index is 0.562. The number of likely N-dealkylation sites (N-methyl/N-ethyl adjacent to an activating group) is 1. The van der Waals surface area contributed by atoms with Crippen molar-refractivity contribution in [3.8, 4) is 0 Å². The first-order valence-electron chi connectivity index (χ1n) is 5.92. The van der Waals surface area contributed by atoms with Gasteiger partial charge in [0.25, 0.3) is 0 Å². The van der Waals surface area contributed by atoms with E-state index in [0.717, 1.165) is 13.1 Å². The van der Waals surface area contributed by atoms with Crippen LogP contribution in [-0.4, -0.2) is 30.1 Å². The van der Waals surface area contributed by atoms with Gasteiger partial charge in [0.15, 0.2) is 0 Å². The van der Waals surface area contributed by atoms with Crippen molar-refractivity contribution in [2.24, 2.45) is 11.8 Å². The van der Waals surface area contributed by atoms with Gasteiger partial charge in [-0.15, -0.1) is 0 Å². The topological polar surface area (TPSA) is 15.3 Å². The second kappa shape index (κ2) is 3.53. The summed E-state index contributed by atoms with van der Waals surface area (Å²) in [6.45, 7) is 4.49. The van der Waals surface area contributed by atoms with Crippen molar-refractivity contribution in [2.45, 2.75) is 19.0 Å². The number of hydrogen-bond donors (Lipinski definition) is 1. The Labute approximate surface area is 91.3 Å². The largest absolute Gasteiger partial charge is 0.376 e. The zero-order valence-electron chi connectivity index (χ0n) is 9.13. The molecular formula is C13H18N2. The van der Waals surface area contributed by atoms with E-state index in [0.29, 0.717) is 23.9 Å². The molecule has 0 bridgehead atoms. The summed E-state index contributed by atoms with van der Waals surface area (Å²) in [5, 5.41) is 3.73. The van der Waals surface area contributed by atoms with Crippen LogP contribution in [0.4, 0.5) is 0 Å². The average Bonchev–Trinajstić information content (AvgIpc) is 2.66. The monoisotopic (exact) mass is 202 g/mol. The van der Waals surface area contributed by atoms with Crippen molar-refractivity contribution >= 4 is 0 Å². The Morgan fingerprint density at radius 3 is 2.93 bits per heavy atom. The highest BCUT2D eigenvalue weighted by molar-refractivity contribution is 5.25. The summed E-state index contributed by atoms with van der Waals surface area (Å²) in [5.41, 5.74) is 0. The molecule has 80 valence electrons. The van der Waals surface area contributed by atoms with Crippen molar-refractivity contribution in [3.63, 3.8) is 0 Å². The lowest BCUT2D eigenvalue weighted by Crippen LogP contribution is -2.42. The first-order chi connectivity index (χ1) is 7.38. The second-order valence-electron chi connectivity index (χ2n) is 4.65. The molecule has 0 amide bonds. The summed E-state index contributed by atoms with van der Waals surface area (Å²) >= 11 is 0. The Morgan fingerprint density at radius 2 is 2.07 bits per heavy atom. The van der Waals surface area contributed by atoms with Crippen LogP contribution in [0.3, 0.4) is 0 Å². The van der Waals surface area contributed by atoms with Gasteiger partial charge in [-0.3, -0.25) is 0 Å². The summed E-state index contributed by atoms with van der Waals surface area (Å²) in [5.74, 6) is 1.37. The molecule has 15 heavy (non-hydrogen) atoms. The van der Waals surface area contributed by atoms with E-state index in [1.807, 2.05) is 0 Å². The third-order valence-electron chi connectivity index (χ3n) is 3.85. The Bertz CT molecular complexity index is 329. The van der Waals surface area contributed by atoms with Gasteiger partial charge in [-0.25, -0.2) is 0 Å². The molecule has 0 aromatic carbocycles. The van der Waals surface area contributed by atoms with Crippen molar-refractivity contribution in [2.75, 3.05) is 13.1 Å². The SMILES string of the molecule is CCN1C=CC2C(C1)NC1C=CC=CC12. The lowest BCUT2D eigenvalue weighted by molar-refractivity contribution is 0.296. The number of allylic oxidation sites excluding steroid dienone is 2. The Hall–Kier alpha value is -1.02. The zero-order valence-corrected chi connectivity index (χ0v) is 9.13. The first kappa shape index (κ1) is 9.22. The van der Waals surface area contributed by atoms with Gasteiger partial charge in [-0.2, -0.15) is 0 Å². The third-order valence-corrected chi connectivity index (χ3v) is 3.85. The molecule has 0 aromatic rings. The summed E-state index contributed by atoms with van der Waals surface area (Å²) in [6.07, 6.45) is 13.7. The van der Waals surface area contributed by atoms with Gasteiger partial charge in [0.2, 0.25) is 0 Å². The molecule has 2 heterocycles. The number of nitrogens with one attached hydrogen (secondary N) is 1. The van der Waals surface area contributed by atoms with Crippen molar-refractivity contribution in [1.29, 1.82) is 0 Å².